The fourth-order valence-electron chi connectivity index (χ4n) is 4.46. The minimum Gasteiger partial charge on any atom is -0.414 e. The summed E-state index contributed by atoms with van der Waals surface area (Å²) in [4.78, 5) is 2.38. The maximum Gasteiger partial charge on any atom is 0.192 e. The zero-order valence-corrected chi connectivity index (χ0v) is 24.2. The first-order valence-electron chi connectivity index (χ1n) is 12.6. The molecular weight excluding hydrogens is 497 g/mol. The Kier molecular flexibility index (Phi) is 9.53. The molecule has 194 valence electrons. The molecule has 0 spiro atoms. The van der Waals surface area contributed by atoms with Gasteiger partial charge in [0.05, 0.1) is 28.4 Å². The summed E-state index contributed by atoms with van der Waals surface area (Å²) >= 11 is 12.5. The summed E-state index contributed by atoms with van der Waals surface area (Å²) in [7, 11) is -1.98. The topological polar surface area (TPSA) is 52.9 Å². The van der Waals surface area contributed by atoms with Gasteiger partial charge in [-0.1, -0.05) is 80.4 Å². The first-order chi connectivity index (χ1) is 16.3. The molecule has 2 N–H and O–H groups in total. The molecule has 1 aliphatic heterocycles. The SMILES string of the molecule is CC(C)(C)[Si](C)(C)OCC(O)C(CCN1CCC(O)(c2ccccc2)CC1)c1ccc(Cl)c(Cl)c1. The van der Waals surface area contributed by atoms with E-state index in [-0.39, 0.29) is 11.0 Å². The summed E-state index contributed by atoms with van der Waals surface area (Å²) in [5.74, 6) is -0.121. The van der Waals surface area contributed by atoms with Gasteiger partial charge < -0.3 is 19.5 Å². The van der Waals surface area contributed by atoms with Gasteiger partial charge in [0.15, 0.2) is 8.32 Å². The van der Waals surface area contributed by atoms with Crippen molar-refractivity contribution in [2.24, 2.45) is 0 Å². The fourth-order valence-corrected chi connectivity index (χ4v) is 5.78. The maximum absolute atomic E-state index is 11.3. The van der Waals surface area contributed by atoms with Crippen molar-refractivity contribution >= 4 is 31.5 Å². The molecule has 2 aromatic carbocycles. The van der Waals surface area contributed by atoms with Crippen LogP contribution in [-0.4, -0.2) is 55.8 Å². The van der Waals surface area contributed by atoms with Gasteiger partial charge in [0, 0.05) is 19.0 Å². The molecule has 1 heterocycles. The third-order valence-electron chi connectivity index (χ3n) is 8.01. The second-order valence-electron chi connectivity index (χ2n) is 11.4. The first-order valence-corrected chi connectivity index (χ1v) is 16.3. The second kappa shape index (κ2) is 11.6. The molecule has 2 atom stereocenters. The van der Waals surface area contributed by atoms with Crippen LogP contribution in [0.1, 0.15) is 57.1 Å². The molecule has 2 aromatic rings. The van der Waals surface area contributed by atoms with Crippen molar-refractivity contribution in [3.8, 4) is 0 Å². The Morgan fingerprint density at radius 2 is 1.66 bits per heavy atom. The quantitative estimate of drug-likeness (QED) is 0.344. The summed E-state index contributed by atoms with van der Waals surface area (Å²) in [6, 6.07) is 15.6. The van der Waals surface area contributed by atoms with Crippen LogP contribution in [0, 0.1) is 0 Å². The molecule has 7 heteroatoms. The summed E-state index contributed by atoms with van der Waals surface area (Å²) in [5.41, 5.74) is 1.20. The van der Waals surface area contributed by atoms with Gasteiger partial charge in [-0.25, -0.2) is 0 Å². The second-order valence-corrected chi connectivity index (χ2v) is 17.1. The Morgan fingerprint density at radius 1 is 1.03 bits per heavy atom. The lowest BCUT2D eigenvalue weighted by Crippen LogP contribution is -2.44. The lowest BCUT2D eigenvalue weighted by molar-refractivity contribution is -0.0275. The van der Waals surface area contributed by atoms with Gasteiger partial charge >= 0.3 is 0 Å². The van der Waals surface area contributed by atoms with Crippen molar-refractivity contribution in [2.45, 2.75) is 75.8 Å². The largest absolute Gasteiger partial charge is 0.414 e. The Hall–Kier alpha value is -0.923. The minimum atomic E-state index is -1.98. The number of aliphatic hydroxyl groups excluding tert-OH is 1. The van der Waals surface area contributed by atoms with Gasteiger partial charge in [0.2, 0.25) is 0 Å². The molecule has 1 aliphatic rings. The number of likely N-dealkylation sites (tertiary alicyclic amines) is 1. The van der Waals surface area contributed by atoms with Gasteiger partial charge in [0.1, 0.15) is 0 Å². The molecule has 0 bridgehead atoms. The smallest absolute Gasteiger partial charge is 0.192 e. The van der Waals surface area contributed by atoms with E-state index in [0.29, 0.717) is 29.5 Å². The van der Waals surface area contributed by atoms with Crippen LogP contribution in [0.25, 0.3) is 0 Å². The van der Waals surface area contributed by atoms with Crippen molar-refractivity contribution in [3.05, 3.63) is 69.7 Å². The molecule has 1 saturated heterocycles. The number of rotatable bonds is 9. The van der Waals surface area contributed by atoms with Crippen LogP contribution in [0.2, 0.25) is 28.2 Å². The number of hydrogen-bond acceptors (Lipinski definition) is 4. The predicted molar refractivity (Wildman–Crippen MR) is 149 cm³/mol. The minimum absolute atomic E-state index is 0.0785. The van der Waals surface area contributed by atoms with Crippen molar-refractivity contribution < 1.29 is 14.6 Å². The highest BCUT2D eigenvalue weighted by Gasteiger charge is 2.38. The van der Waals surface area contributed by atoms with Gasteiger partial charge in [0.25, 0.3) is 0 Å². The molecule has 3 rings (SSSR count). The number of aliphatic hydroxyl groups is 2. The summed E-state index contributed by atoms with van der Waals surface area (Å²) < 4.78 is 6.36. The number of hydrogen-bond donors (Lipinski definition) is 2. The molecule has 0 saturated carbocycles. The van der Waals surface area contributed by atoms with Crippen LogP contribution >= 0.6 is 23.2 Å². The average molecular weight is 539 g/mol. The third kappa shape index (κ3) is 7.32. The Bertz CT molecular complexity index is 956. The van der Waals surface area contributed by atoms with E-state index in [1.54, 1.807) is 6.07 Å². The zero-order valence-electron chi connectivity index (χ0n) is 21.7. The number of benzene rings is 2. The number of halogens is 2. The number of nitrogens with zero attached hydrogens (tertiary/aromatic N) is 1. The highest BCUT2D eigenvalue weighted by molar-refractivity contribution is 6.74. The van der Waals surface area contributed by atoms with E-state index in [4.69, 9.17) is 27.6 Å². The van der Waals surface area contributed by atoms with Gasteiger partial charge in [-0.05, 0) is 67.2 Å². The van der Waals surface area contributed by atoms with Crippen LogP contribution in [0.4, 0.5) is 0 Å². The van der Waals surface area contributed by atoms with E-state index in [9.17, 15) is 10.2 Å². The van der Waals surface area contributed by atoms with Crippen molar-refractivity contribution in [2.75, 3.05) is 26.2 Å². The van der Waals surface area contributed by atoms with Crippen LogP contribution in [0.5, 0.6) is 0 Å². The summed E-state index contributed by atoms with van der Waals surface area (Å²) in [6.07, 6.45) is 1.52. The Balaban J connectivity index is 1.67. The Labute approximate surface area is 222 Å². The Morgan fingerprint density at radius 3 is 2.23 bits per heavy atom. The van der Waals surface area contributed by atoms with Crippen molar-refractivity contribution in [1.82, 2.24) is 4.90 Å². The average Bonchev–Trinajstić information content (AvgIpc) is 2.81. The highest BCUT2D eigenvalue weighted by Crippen LogP contribution is 2.38. The number of piperidine rings is 1. The third-order valence-corrected chi connectivity index (χ3v) is 13.2. The molecule has 0 radical (unpaired) electrons. The molecule has 35 heavy (non-hydrogen) atoms. The molecule has 2 unspecified atom stereocenters. The van der Waals surface area contributed by atoms with Crippen molar-refractivity contribution in [3.63, 3.8) is 0 Å². The van der Waals surface area contributed by atoms with E-state index >= 15 is 0 Å². The maximum atomic E-state index is 11.3. The van der Waals surface area contributed by atoms with E-state index < -0.39 is 20.0 Å². The van der Waals surface area contributed by atoms with E-state index in [1.807, 2.05) is 42.5 Å². The van der Waals surface area contributed by atoms with Crippen LogP contribution in [0.3, 0.4) is 0 Å². The van der Waals surface area contributed by atoms with E-state index in [2.05, 4.69) is 38.8 Å². The van der Waals surface area contributed by atoms with Gasteiger partial charge in [-0.15, -0.1) is 0 Å². The highest BCUT2D eigenvalue weighted by atomic mass is 35.5. The molecule has 0 amide bonds. The van der Waals surface area contributed by atoms with Crippen LogP contribution in [0.15, 0.2) is 48.5 Å². The summed E-state index contributed by atoms with van der Waals surface area (Å²) in [5, 5.41) is 23.5. The molecular formula is C28H41Cl2NO3Si. The lowest BCUT2D eigenvalue weighted by Gasteiger charge is -2.40. The van der Waals surface area contributed by atoms with Crippen LogP contribution < -0.4 is 0 Å². The molecule has 1 fully saturated rings. The first kappa shape index (κ1) is 28.6. The summed E-state index contributed by atoms with van der Waals surface area (Å²) in [6.45, 7) is 13.8. The zero-order chi connectivity index (χ0) is 25.9. The van der Waals surface area contributed by atoms with Crippen molar-refractivity contribution in [1.29, 1.82) is 0 Å². The van der Waals surface area contributed by atoms with Gasteiger partial charge in [-0.2, -0.15) is 0 Å². The van der Waals surface area contributed by atoms with E-state index in [1.165, 1.54) is 0 Å². The monoisotopic (exact) mass is 537 g/mol. The molecule has 0 aromatic heterocycles. The van der Waals surface area contributed by atoms with Gasteiger partial charge in [-0.3, -0.25) is 0 Å². The normalized spacial score (nSPS) is 18.9. The molecule has 0 aliphatic carbocycles. The standard InChI is InChI=1S/C28H41Cl2NO3Si/c1-27(2,3)35(4,5)34-20-26(32)23(21-11-12-24(29)25(30)19-21)13-16-31-17-14-28(33,15-18-31)22-9-7-6-8-10-22/h6-12,19,23,26,32-33H,13-18,20H2,1-5H3. The lowest BCUT2D eigenvalue weighted by atomic mass is 9.84. The predicted octanol–water partition coefficient (Wildman–Crippen LogP) is 6.83. The van der Waals surface area contributed by atoms with Crippen LogP contribution in [-0.2, 0) is 10.0 Å². The fraction of sp³-hybridized carbons (Fsp3) is 0.571. The molecule has 4 nitrogen and oxygen atoms in total. The van der Waals surface area contributed by atoms with E-state index in [0.717, 1.165) is 37.2 Å².